The van der Waals surface area contributed by atoms with Crippen LogP contribution in [0.4, 0.5) is 5.69 Å². The highest BCUT2D eigenvalue weighted by Crippen LogP contribution is 2.24. The first kappa shape index (κ1) is 13.8. The second-order valence-corrected chi connectivity index (χ2v) is 5.67. The first-order chi connectivity index (χ1) is 10.1. The Hall–Kier alpha value is -2.13. The van der Waals surface area contributed by atoms with Crippen LogP contribution in [0.5, 0.6) is 0 Å². The molecule has 1 N–H and O–H groups in total. The molecule has 0 unspecified atom stereocenters. The molecule has 2 aromatic carbocycles. The maximum Gasteiger partial charge on any atom is 0.228 e. The van der Waals surface area contributed by atoms with E-state index in [1.54, 1.807) is 12.1 Å². The molecular formula is C17H14ClNO2. The Morgan fingerprint density at radius 3 is 2.48 bits per heavy atom. The molecule has 3 nitrogen and oxygen atoms in total. The molecule has 0 radical (unpaired) electrons. The van der Waals surface area contributed by atoms with Crippen molar-refractivity contribution >= 4 is 29.0 Å². The van der Waals surface area contributed by atoms with E-state index in [4.69, 9.17) is 11.6 Å². The van der Waals surface area contributed by atoms with Gasteiger partial charge >= 0.3 is 0 Å². The van der Waals surface area contributed by atoms with Gasteiger partial charge in [-0.1, -0.05) is 35.9 Å². The van der Waals surface area contributed by atoms with Gasteiger partial charge in [0.25, 0.3) is 0 Å². The fourth-order valence-electron chi connectivity index (χ4n) is 2.51. The summed E-state index contributed by atoms with van der Waals surface area (Å²) in [6, 6.07) is 13.0. The summed E-state index contributed by atoms with van der Waals surface area (Å²) in [5.74, 6) is 0.157. The smallest absolute Gasteiger partial charge is 0.228 e. The molecule has 0 atom stereocenters. The van der Waals surface area contributed by atoms with Crippen LogP contribution in [0.1, 0.15) is 16.7 Å². The number of hydrogen-bond acceptors (Lipinski definition) is 2. The molecule has 0 bridgehead atoms. The van der Waals surface area contributed by atoms with E-state index in [1.807, 2.05) is 30.3 Å². The van der Waals surface area contributed by atoms with Crippen molar-refractivity contribution in [3.05, 3.63) is 64.2 Å². The van der Waals surface area contributed by atoms with Gasteiger partial charge in [0.15, 0.2) is 0 Å². The van der Waals surface area contributed by atoms with E-state index in [1.165, 1.54) is 0 Å². The fourth-order valence-corrected chi connectivity index (χ4v) is 2.64. The predicted molar refractivity (Wildman–Crippen MR) is 82.6 cm³/mol. The largest absolute Gasteiger partial charge is 0.326 e. The normalized spacial score (nSPS) is 12.9. The number of carbonyl (C=O) groups is 2. The molecule has 1 aliphatic heterocycles. The van der Waals surface area contributed by atoms with Gasteiger partial charge in [-0.15, -0.1) is 0 Å². The zero-order chi connectivity index (χ0) is 14.8. The zero-order valence-corrected chi connectivity index (χ0v) is 12.1. The minimum Gasteiger partial charge on any atom is -0.326 e. The Balaban J connectivity index is 1.66. The van der Waals surface area contributed by atoms with E-state index >= 15 is 0 Å². The first-order valence-electron chi connectivity index (χ1n) is 6.78. The van der Waals surface area contributed by atoms with Gasteiger partial charge in [0, 0.05) is 23.6 Å². The number of halogens is 1. The van der Waals surface area contributed by atoms with Gasteiger partial charge in [0.2, 0.25) is 5.91 Å². The highest BCUT2D eigenvalue weighted by atomic mass is 35.5. The fraction of sp³-hybridized carbons (Fsp3) is 0.176. The highest BCUT2D eigenvalue weighted by molar-refractivity contribution is 6.30. The van der Waals surface area contributed by atoms with Crippen molar-refractivity contribution in [3.63, 3.8) is 0 Å². The summed E-state index contributed by atoms with van der Waals surface area (Å²) in [5, 5.41) is 3.46. The van der Waals surface area contributed by atoms with E-state index < -0.39 is 0 Å². The summed E-state index contributed by atoms with van der Waals surface area (Å²) < 4.78 is 0. The van der Waals surface area contributed by atoms with Crippen molar-refractivity contribution in [3.8, 4) is 0 Å². The van der Waals surface area contributed by atoms with Crippen molar-refractivity contribution in [2.45, 2.75) is 19.3 Å². The standard InChI is InChI=1S/C17H14ClNO2/c18-14-4-1-11(2-5-14)8-15(20)9-12-3-6-16-13(7-12)10-17(21)19-16/h1-7H,8-10H2,(H,19,21). The lowest BCUT2D eigenvalue weighted by Gasteiger charge is -2.05. The number of benzene rings is 2. The maximum absolute atomic E-state index is 12.1. The molecule has 0 fully saturated rings. The summed E-state index contributed by atoms with van der Waals surface area (Å²) >= 11 is 5.83. The predicted octanol–water partition coefficient (Wildman–Crippen LogP) is 3.19. The van der Waals surface area contributed by atoms with Crippen LogP contribution in [0.25, 0.3) is 0 Å². The van der Waals surface area contributed by atoms with Crippen molar-refractivity contribution in [2.24, 2.45) is 0 Å². The maximum atomic E-state index is 12.1. The number of hydrogen-bond donors (Lipinski definition) is 1. The SMILES string of the molecule is O=C(Cc1ccc(Cl)cc1)Cc1ccc2c(c1)CC(=O)N2. The third-order valence-corrected chi connectivity index (χ3v) is 3.76. The van der Waals surface area contributed by atoms with E-state index in [-0.39, 0.29) is 11.7 Å². The van der Waals surface area contributed by atoms with Crippen LogP contribution in [0, 0.1) is 0 Å². The Morgan fingerprint density at radius 2 is 1.71 bits per heavy atom. The number of carbonyl (C=O) groups excluding carboxylic acids is 2. The van der Waals surface area contributed by atoms with Gasteiger partial charge in [-0.25, -0.2) is 0 Å². The van der Waals surface area contributed by atoms with Gasteiger partial charge in [0.05, 0.1) is 6.42 Å². The summed E-state index contributed by atoms with van der Waals surface area (Å²) in [6.07, 6.45) is 1.17. The lowest BCUT2D eigenvalue weighted by Crippen LogP contribution is -2.06. The summed E-state index contributed by atoms with van der Waals surface area (Å²) in [7, 11) is 0. The van der Waals surface area contributed by atoms with E-state index in [2.05, 4.69) is 5.32 Å². The molecule has 0 saturated carbocycles. The molecule has 0 aromatic heterocycles. The van der Waals surface area contributed by atoms with Gasteiger partial charge < -0.3 is 5.32 Å². The van der Waals surface area contributed by atoms with Crippen LogP contribution in [-0.4, -0.2) is 11.7 Å². The molecule has 1 heterocycles. The molecule has 0 saturated heterocycles. The second kappa shape index (κ2) is 5.70. The van der Waals surface area contributed by atoms with Crippen LogP contribution in [0.2, 0.25) is 5.02 Å². The van der Waals surface area contributed by atoms with Crippen molar-refractivity contribution < 1.29 is 9.59 Å². The van der Waals surface area contributed by atoms with Crippen molar-refractivity contribution in [1.82, 2.24) is 0 Å². The number of ketones is 1. The third-order valence-electron chi connectivity index (χ3n) is 3.51. The molecule has 1 aliphatic rings. The highest BCUT2D eigenvalue weighted by Gasteiger charge is 2.18. The number of fused-ring (bicyclic) bond motifs is 1. The van der Waals surface area contributed by atoms with Gasteiger partial charge in [-0.3, -0.25) is 9.59 Å². The third kappa shape index (κ3) is 3.31. The Bertz CT molecular complexity index is 707. The minimum absolute atomic E-state index is 0.00893. The number of anilines is 1. The van der Waals surface area contributed by atoms with Crippen LogP contribution in [0.3, 0.4) is 0 Å². The summed E-state index contributed by atoms with van der Waals surface area (Å²) in [5.41, 5.74) is 3.73. The minimum atomic E-state index is 0.00893. The van der Waals surface area contributed by atoms with Crippen LogP contribution >= 0.6 is 11.6 Å². The average Bonchev–Trinajstić information content (AvgIpc) is 2.80. The van der Waals surface area contributed by atoms with Gasteiger partial charge in [-0.05, 0) is 34.9 Å². The average molecular weight is 300 g/mol. The second-order valence-electron chi connectivity index (χ2n) is 5.24. The topological polar surface area (TPSA) is 46.2 Å². The molecule has 21 heavy (non-hydrogen) atoms. The molecule has 4 heteroatoms. The number of amides is 1. The molecular weight excluding hydrogens is 286 g/mol. The van der Waals surface area contributed by atoms with Crippen LogP contribution < -0.4 is 5.32 Å². The molecule has 3 rings (SSSR count). The lowest BCUT2D eigenvalue weighted by molar-refractivity contribution is -0.118. The van der Waals surface area contributed by atoms with E-state index in [0.717, 1.165) is 22.4 Å². The molecule has 0 aliphatic carbocycles. The molecule has 2 aromatic rings. The number of Topliss-reactive ketones (excluding diaryl/α,β-unsaturated/α-hetero) is 1. The first-order valence-corrected chi connectivity index (χ1v) is 7.16. The quantitative estimate of drug-likeness (QED) is 0.942. The Morgan fingerprint density at radius 1 is 1.05 bits per heavy atom. The van der Waals surface area contributed by atoms with Crippen LogP contribution in [0.15, 0.2) is 42.5 Å². The monoisotopic (exact) mass is 299 g/mol. The number of nitrogens with one attached hydrogen (secondary N) is 1. The number of rotatable bonds is 4. The molecule has 0 spiro atoms. The molecule has 106 valence electrons. The van der Waals surface area contributed by atoms with E-state index in [9.17, 15) is 9.59 Å². The lowest BCUT2D eigenvalue weighted by atomic mass is 10.0. The summed E-state index contributed by atoms with van der Waals surface area (Å²) in [4.78, 5) is 23.4. The Kier molecular flexibility index (Phi) is 3.76. The van der Waals surface area contributed by atoms with Crippen molar-refractivity contribution in [2.75, 3.05) is 5.32 Å². The van der Waals surface area contributed by atoms with Gasteiger partial charge in [0.1, 0.15) is 5.78 Å². The summed E-state index contributed by atoms with van der Waals surface area (Å²) in [6.45, 7) is 0. The van der Waals surface area contributed by atoms with Crippen molar-refractivity contribution in [1.29, 1.82) is 0 Å². The van der Waals surface area contributed by atoms with Crippen LogP contribution in [-0.2, 0) is 28.9 Å². The van der Waals surface area contributed by atoms with Gasteiger partial charge in [-0.2, -0.15) is 0 Å². The Labute approximate surface area is 127 Å². The molecule has 1 amide bonds. The van der Waals surface area contributed by atoms with E-state index in [0.29, 0.717) is 24.3 Å². The zero-order valence-electron chi connectivity index (χ0n) is 11.4.